The summed E-state index contributed by atoms with van der Waals surface area (Å²) in [6, 6.07) is 6.05. The third kappa shape index (κ3) is 3.08. The molecule has 0 saturated heterocycles. The Hall–Kier alpha value is -2.52. The van der Waals surface area contributed by atoms with E-state index in [0.717, 1.165) is 40.4 Å². The molecular formula is C19H19N5S. The van der Waals surface area contributed by atoms with Crippen molar-refractivity contribution in [3.63, 3.8) is 0 Å². The fraction of sp³-hybridized carbons (Fsp3) is 0.368. The first-order valence-electron chi connectivity index (χ1n) is 8.59. The van der Waals surface area contributed by atoms with Gasteiger partial charge >= 0.3 is 0 Å². The minimum absolute atomic E-state index is 0.455. The van der Waals surface area contributed by atoms with Gasteiger partial charge in [-0.1, -0.05) is 6.92 Å². The zero-order chi connectivity index (χ0) is 17.2. The van der Waals surface area contributed by atoms with Crippen LogP contribution in [0.1, 0.15) is 30.2 Å². The molecule has 3 aromatic rings. The molecule has 6 heteroatoms. The first-order valence-corrected chi connectivity index (χ1v) is 9.41. The first-order chi connectivity index (χ1) is 12.3. The van der Waals surface area contributed by atoms with Crippen LogP contribution in [-0.4, -0.2) is 21.5 Å². The molecule has 126 valence electrons. The van der Waals surface area contributed by atoms with Crippen LogP contribution in [0, 0.1) is 17.2 Å². The van der Waals surface area contributed by atoms with E-state index in [4.69, 9.17) is 15.2 Å². The summed E-state index contributed by atoms with van der Waals surface area (Å²) in [5.41, 5.74) is 2.31. The van der Waals surface area contributed by atoms with Gasteiger partial charge < -0.3 is 5.32 Å². The maximum atomic E-state index is 8.84. The number of hydrogen-bond donors (Lipinski definition) is 1. The second-order valence-corrected chi connectivity index (χ2v) is 7.59. The predicted molar refractivity (Wildman–Crippen MR) is 101 cm³/mol. The van der Waals surface area contributed by atoms with Crippen molar-refractivity contribution in [1.82, 2.24) is 15.0 Å². The number of thiophene rings is 1. The number of aryl methyl sites for hydroxylation is 1. The number of rotatable bonds is 4. The van der Waals surface area contributed by atoms with Crippen molar-refractivity contribution in [2.45, 2.75) is 32.6 Å². The molecule has 25 heavy (non-hydrogen) atoms. The lowest BCUT2D eigenvalue weighted by Crippen LogP contribution is -2.10. The highest BCUT2D eigenvalue weighted by Gasteiger charge is 2.24. The van der Waals surface area contributed by atoms with Gasteiger partial charge in [-0.15, -0.1) is 11.3 Å². The number of hydrogen-bond acceptors (Lipinski definition) is 6. The summed E-state index contributed by atoms with van der Waals surface area (Å²) in [6.45, 7) is 2.91. The molecule has 4 rings (SSSR count). The van der Waals surface area contributed by atoms with Gasteiger partial charge in [0.1, 0.15) is 10.6 Å². The molecule has 1 N–H and O–H groups in total. The van der Waals surface area contributed by atoms with E-state index in [0.29, 0.717) is 18.8 Å². The molecule has 1 aliphatic carbocycles. The van der Waals surface area contributed by atoms with Crippen LogP contribution >= 0.6 is 11.3 Å². The van der Waals surface area contributed by atoms with E-state index in [9.17, 15) is 0 Å². The molecule has 0 bridgehead atoms. The first kappa shape index (κ1) is 16.0. The quantitative estimate of drug-likeness (QED) is 0.714. The largest absolute Gasteiger partial charge is 0.368 e. The minimum Gasteiger partial charge on any atom is -0.368 e. The summed E-state index contributed by atoms with van der Waals surface area (Å²) in [6.07, 6.45) is 7.41. The molecule has 0 aromatic carbocycles. The van der Waals surface area contributed by atoms with Crippen molar-refractivity contribution in [2.24, 2.45) is 5.92 Å². The van der Waals surface area contributed by atoms with Gasteiger partial charge in [-0.2, -0.15) is 5.26 Å². The lowest BCUT2D eigenvalue weighted by molar-refractivity contribution is 0.509. The number of fused-ring (bicyclic) bond motifs is 3. The number of nitrogens with zero attached hydrogens (tertiary/aromatic N) is 4. The van der Waals surface area contributed by atoms with Crippen LogP contribution in [-0.2, 0) is 12.8 Å². The van der Waals surface area contributed by atoms with Crippen molar-refractivity contribution in [3.8, 4) is 17.5 Å². The Bertz CT molecular complexity index is 942. The highest BCUT2D eigenvalue weighted by molar-refractivity contribution is 7.19. The summed E-state index contributed by atoms with van der Waals surface area (Å²) >= 11 is 1.79. The van der Waals surface area contributed by atoms with Gasteiger partial charge in [0.05, 0.1) is 17.9 Å². The Morgan fingerprint density at radius 1 is 1.40 bits per heavy atom. The number of nitriles is 1. The van der Waals surface area contributed by atoms with Gasteiger partial charge in [0, 0.05) is 29.4 Å². The van der Waals surface area contributed by atoms with Gasteiger partial charge in [-0.3, -0.25) is 4.98 Å². The molecule has 0 spiro atoms. The van der Waals surface area contributed by atoms with E-state index in [1.54, 1.807) is 23.7 Å². The summed E-state index contributed by atoms with van der Waals surface area (Å²) in [4.78, 5) is 16.3. The third-order valence-corrected chi connectivity index (χ3v) is 5.75. The average molecular weight is 349 g/mol. The highest BCUT2D eigenvalue weighted by Crippen LogP contribution is 2.40. The molecular weight excluding hydrogens is 330 g/mol. The van der Waals surface area contributed by atoms with Crippen LogP contribution in [0.25, 0.3) is 21.6 Å². The fourth-order valence-corrected chi connectivity index (χ4v) is 4.71. The van der Waals surface area contributed by atoms with E-state index >= 15 is 0 Å². The van der Waals surface area contributed by atoms with Crippen molar-refractivity contribution < 1.29 is 0 Å². The summed E-state index contributed by atoms with van der Waals surface area (Å²) in [7, 11) is 0. The molecule has 0 saturated carbocycles. The molecule has 1 atom stereocenters. The lowest BCUT2D eigenvalue weighted by Gasteiger charge is -2.18. The zero-order valence-corrected chi connectivity index (χ0v) is 14.9. The van der Waals surface area contributed by atoms with E-state index in [2.05, 4.69) is 23.3 Å². The molecule has 0 radical (unpaired) electrons. The Balaban J connectivity index is 1.86. The van der Waals surface area contributed by atoms with Gasteiger partial charge in [0.25, 0.3) is 0 Å². The monoisotopic (exact) mass is 349 g/mol. The van der Waals surface area contributed by atoms with Crippen molar-refractivity contribution in [3.05, 3.63) is 35.0 Å². The summed E-state index contributed by atoms with van der Waals surface area (Å²) < 4.78 is 0. The smallest absolute Gasteiger partial charge is 0.164 e. The zero-order valence-electron chi connectivity index (χ0n) is 14.1. The van der Waals surface area contributed by atoms with E-state index in [1.807, 2.05) is 12.1 Å². The summed E-state index contributed by atoms with van der Waals surface area (Å²) in [5, 5.41) is 13.4. The van der Waals surface area contributed by atoms with Gasteiger partial charge in [-0.25, -0.2) is 9.97 Å². The number of pyridine rings is 1. The minimum atomic E-state index is 0.455. The normalized spacial score (nSPS) is 16.4. The molecule has 5 nitrogen and oxygen atoms in total. The SMILES string of the molecule is C[C@@H]1CCc2c(sc3nc(-c4cccnc4)nc(NCCC#N)c23)C1. The van der Waals surface area contributed by atoms with Crippen LogP contribution in [0.2, 0.25) is 0 Å². The second-order valence-electron chi connectivity index (χ2n) is 6.50. The average Bonchev–Trinajstić information content (AvgIpc) is 3.00. The Morgan fingerprint density at radius 3 is 3.12 bits per heavy atom. The molecule has 0 unspecified atom stereocenters. The van der Waals surface area contributed by atoms with Gasteiger partial charge in [-0.05, 0) is 42.9 Å². The third-order valence-electron chi connectivity index (χ3n) is 4.60. The lowest BCUT2D eigenvalue weighted by atomic mass is 9.89. The molecule has 3 heterocycles. The Morgan fingerprint density at radius 2 is 2.32 bits per heavy atom. The van der Waals surface area contributed by atoms with E-state index in [1.165, 1.54) is 16.9 Å². The van der Waals surface area contributed by atoms with E-state index in [-0.39, 0.29) is 0 Å². The molecule has 0 aliphatic heterocycles. The van der Waals surface area contributed by atoms with Crippen LogP contribution in [0.15, 0.2) is 24.5 Å². The van der Waals surface area contributed by atoms with Crippen molar-refractivity contribution in [1.29, 1.82) is 5.26 Å². The second kappa shape index (κ2) is 6.77. The highest BCUT2D eigenvalue weighted by atomic mass is 32.1. The van der Waals surface area contributed by atoms with E-state index < -0.39 is 0 Å². The Labute approximate surface area is 150 Å². The van der Waals surface area contributed by atoms with Crippen molar-refractivity contribution >= 4 is 27.4 Å². The van der Waals surface area contributed by atoms with Gasteiger partial charge in [0.15, 0.2) is 5.82 Å². The number of aromatic nitrogens is 3. The maximum Gasteiger partial charge on any atom is 0.164 e. The van der Waals surface area contributed by atoms with Crippen LogP contribution < -0.4 is 5.32 Å². The summed E-state index contributed by atoms with van der Waals surface area (Å²) in [5.74, 6) is 2.26. The van der Waals surface area contributed by atoms with Crippen LogP contribution in [0.3, 0.4) is 0 Å². The molecule has 3 aromatic heterocycles. The number of anilines is 1. The maximum absolute atomic E-state index is 8.84. The topological polar surface area (TPSA) is 74.5 Å². The molecule has 0 fully saturated rings. The van der Waals surface area contributed by atoms with Crippen LogP contribution in [0.4, 0.5) is 5.82 Å². The molecule has 1 aliphatic rings. The predicted octanol–water partition coefficient (Wildman–Crippen LogP) is 4.20. The Kier molecular flexibility index (Phi) is 4.33. The number of nitrogens with one attached hydrogen (secondary N) is 1. The van der Waals surface area contributed by atoms with Gasteiger partial charge in [0.2, 0.25) is 0 Å². The van der Waals surface area contributed by atoms with Crippen molar-refractivity contribution in [2.75, 3.05) is 11.9 Å². The molecule has 0 amide bonds. The van der Waals surface area contributed by atoms with Crippen LogP contribution in [0.5, 0.6) is 0 Å². The standard InChI is InChI=1S/C19H19N5S/c1-12-5-6-14-15(10-12)25-19-16(14)18(22-9-3-7-20)23-17(24-19)13-4-2-8-21-11-13/h2,4,8,11-12H,3,5-6,9-10H2,1H3,(H,22,23,24)/t12-/m1/s1. The fourth-order valence-electron chi connectivity index (χ4n) is 3.33.